The summed E-state index contributed by atoms with van der Waals surface area (Å²) in [7, 11) is 2.85. The molecule has 0 saturated heterocycles. The number of aromatic hydroxyl groups is 1. The Bertz CT molecular complexity index is 958. The van der Waals surface area contributed by atoms with Crippen LogP contribution in [0.3, 0.4) is 0 Å². The van der Waals surface area contributed by atoms with Crippen LogP contribution in [-0.2, 0) is 9.59 Å². The van der Waals surface area contributed by atoms with Gasteiger partial charge in [-0.2, -0.15) is 5.10 Å². The van der Waals surface area contributed by atoms with Gasteiger partial charge in [0.05, 0.1) is 31.4 Å². The van der Waals surface area contributed by atoms with Crippen LogP contribution in [0.1, 0.15) is 18.4 Å². The summed E-state index contributed by atoms with van der Waals surface area (Å²) in [6.07, 6.45) is 0.826. The van der Waals surface area contributed by atoms with Gasteiger partial charge in [0.1, 0.15) is 11.5 Å². The van der Waals surface area contributed by atoms with Crippen molar-refractivity contribution in [1.29, 1.82) is 0 Å². The van der Waals surface area contributed by atoms with Gasteiger partial charge >= 0.3 is 5.69 Å². The maximum atomic E-state index is 11.9. The number of nitro benzene ring substituents is 1. The van der Waals surface area contributed by atoms with E-state index in [2.05, 4.69) is 15.8 Å². The number of rotatable bonds is 9. The number of benzene rings is 2. The number of hydrogen-bond acceptors (Lipinski definition) is 8. The summed E-state index contributed by atoms with van der Waals surface area (Å²) in [5, 5.41) is 27.2. The zero-order valence-corrected chi connectivity index (χ0v) is 16.2. The molecule has 0 unspecified atom stereocenters. The minimum Gasteiger partial charge on any atom is -0.502 e. The van der Waals surface area contributed by atoms with Crippen LogP contribution in [-0.4, -0.2) is 42.3 Å². The molecule has 0 heterocycles. The van der Waals surface area contributed by atoms with Crippen LogP contribution in [0, 0.1) is 10.1 Å². The minimum absolute atomic E-state index is 0.0152. The Hall–Kier alpha value is -4.15. The zero-order chi connectivity index (χ0) is 22.1. The summed E-state index contributed by atoms with van der Waals surface area (Å²) in [6.45, 7) is 0. The Kier molecular flexibility index (Phi) is 7.68. The third kappa shape index (κ3) is 6.19. The van der Waals surface area contributed by atoms with Gasteiger partial charge in [-0.1, -0.05) is 0 Å². The number of hydrogen-bond donors (Lipinski definition) is 3. The predicted octanol–water partition coefficient (Wildman–Crippen LogP) is 2.19. The fourth-order valence-electron chi connectivity index (χ4n) is 2.32. The second kappa shape index (κ2) is 10.4. The molecule has 0 atom stereocenters. The summed E-state index contributed by atoms with van der Waals surface area (Å²) in [5.41, 5.74) is 2.18. The van der Waals surface area contributed by atoms with Crippen LogP contribution >= 0.6 is 0 Å². The van der Waals surface area contributed by atoms with Crippen molar-refractivity contribution >= 4 is 29.4 Å². The van der Waals surface area contributed by atoms with Crippen molar-refractivity contribution < 1.29 is 29.1 Å². The third-order valence-corrected chi connectivity index (χ3v) is 3.87. The van der Waals surface area contributed by atoms with Gasteiger partial charge < -0.3 is 19.9 Å². The van der Waals surface area contributed by atoms with Crippen LogP contribution in [0.4, 0.5) is 11.4 Å². The van der Waals surface area contributed by atoms with E-state index < -0.39 is 22.3 Å². The zero-order valence-electron chi connectivity index (χ0n) is 16.2. The van der Waals surface area contributed by atoms with Crippen LogP contribution in [0.15, 0.2) is 41.5 Å². The van der Waals surface area contributed by atoms with Gasteiger partial charge in [-0.3, -0.25) is 19.7 Å². The molecule has 0 aliphatic carbocycles. The Morgan fingerprint density at radius 2 is 1.73 bits per heavy atom. The molecule has 2 rings (SSSR count). The molecule has 2 aromatic rings. The van der Waals surface area contributed by atoms with Gasteiger partial charge in [-0.15, -0.1) is 0 Å². The summed E-state index contributed by atoms with van der Waals surface area (Å²) < 4.78 is 9.96. The number of anilines is 1. The number of phenols is 1. The lowest BCUT2D eigenvalue weighted by atomic mass is 10.1. The molecule has 30 heavy (non-hydrogen) atoms. The first-order valence-corrected chi connectivity index (χ1v) is 8.65. The number of carbonyl (C=O) groups is 2. The van der Waals surface area contributed by atoms with Crippen molar-refractivity contribution in [3.63, 3.8) is 0 Å². The minimum atomic E-state index is -0.769. The molecular formula is C19H20N4O7. The molecule has 11 heteroatoms. The molecule has 0 saturated carbocycles. The Morgan fingerprint density at radius 1 is 1.10 bits per heavy atom. The Morgan fingerprint density at radius 3 is 2.33 bits per heavy atom. The molecule has 0 spiro atoms. The lowest BCUT2D eigenvalue weighted by molar-refractivity contribution is -0.385. The molecule has 0 bridgehead atoms. The third-order valence-electron chi connectivity index (χ3n) is 3.87. The molecule has 158 valence electrons. The summed E-state index contributed by atoms with van der Waals surface area (Å²) in [6, 6.07) is 9.10. The van der Waals surface area contributed by atoms with E-state index in [4.69, 9.17) is 9.47 Å². The van der Waals surface area contributed by atoms with Gasteiger partial charge in [0.15, 0.2) is 0 Å². The van der Waals surface area contributed by atoms with Crippen molar-refractivity contribution in [3.8, 4) is 17.2 Å². The SMILES string of the molecule is COc1ccc(NC(=O)CCC(=O)N/N=C/c2cc(OC)cc([N+](=O)[O-])c2O)cc1. The summed E-state index contributed by atoms with van der Waals surface area (Å²) in [4.78, 5) is 34.0. The first-order valence-electron chi connectivity index (χ1n) is 8.65. The summed E-state index contributed by atoms with van der Waals surface area (Å²) >= 11 is 0. The quantitative estimate of drug-likeness (QED) is 0.322. The number of ether oxygens (including phenoxy) is 2. The smallest absolute Gasteiger partial charge is 0.315 e. The van der Waals surface area contributed by atoms with E-state index in [0.29, 0.717) is 11.4 Å². The average Bonchev–Trinajstić information content (AvgIpc) is 2.73. The Balaban J connectivity index is 1.88. The van der Waals surface area contributed by atoms with Crippen LogP contribution in [0.2, 0.25) is 0 Å². The van der Waals surface area contributed by atoms with E-state index in [1.165, 1.54) is 20.3 Å². The molecule has 0 fully saturated rings. The fourth-order valence-corrected chi connectivity index (χ4v) is 2.32. The number of nitrogens with one attached hydrogen (secondary N) is 2. The largest absolute Gasteiger partial charge is 0.502 e. The lowest BCUT2D eigenvalue weighted by Gasteiger charge is -2.06. The molecule has 0 aliphatic rings. The number of phenolic OH excluding ortho intramolecular Hbond substituents is 1. The van der Waals surface area contributed by atoms with Gasteiger partial charge in [-0.05, 0) is 30.3 Å². The van der Waals surface area contributed by atoms with Crippen molar-refractivity contribution in [3.05, 3.63) is 52.1 Å². The lowest BCUT2D eigenvalue weighted by Crippen LogP contribution is -2.20. The fraction of sp³-hybridized carbons (Fsp3) is 0.211. The van der Waals surface area contributed by atoms with E-state index in [9.17, 15) is 24.8 Å². The van der Waals surface area contributed by atoms with E-state index in [1.54, 1.807) is 24.3 Å². The number of nitro groups is 1. The number of hydrazone groups is 1. The average molecular weight is 416 g/mol. The molecule has 2 aromatic carbocycles. The van der Waals surface area contributed by atoms with Crippen molar-refractivity contribution in [1.82, 2.24) is 5.43 Å². The predicted molar refractivity (Wildman–Crippen MR) is 108 cm³/mol. The van der Waals surface area contributed by atoms with Crippen molar-refractivity contribution in [2.75, 3.05) is 19.5 Å². The van der Waals surface area contributed by atoms with Crippen LogP contribution in [0.25, 0.3) is 0 Å². The van der Waals surface area contributed by atoms with E-state index >= 15 is 0 Å². The first kappa shape index (κ1) is 22.1. The molecule has 2 amide bonds. The number of amides is 2. The number of nitrogens with zero attached hydrogens (tertiary/aromatic N) is 2. The standard InChI is InChI=1S/C19H20N4O7/c1-29-14-5-3-13(4-6-14)21-17(24)7-8-18(25)22-20-11-12-9-15(30-2)10-16(19(12)26)23(27)28/h3-6,9-11,26H,7-8H2,1-2H3,(H,21,24)(H,22,25)/b20-11+. The molecule has 0 aliphatic heterocycles. The highest BCUT2D eigenvalue weighted by molar-refractivity contribution is 5.93. The van der Waals surface area contributed by atoms with E-state index in [1.807, 2.05) is 0 Å². The highest BCUT2D eigenvalue weighted by atomic mass is 16.6. The second-order valence-electron chi connectivity index (χ2n) is 5.91. The maximum absolute atomic E-state index is 11.9. The molecule has 11 nitrogen and oxygen atoms in total. The van der Waals surface area contributed by atoms with E-state index in [0.717, 1.165) is 12.3 Å². The van der Waals surface area contributed by atoms with Gasteiger partial charge in [0, 0.05) is 24.1 Å². The van der Waals surface area contributed by atoms with Crippen molar-refractivity contribution in [2.45, 2.75) is 12.8 Å². The first-order chi connectivity index (χ1) is 14.3. The van der Waals surface area contributed by atoms with Gasteiger partial charge in [-0.25, -0.2) is 5.43 Å². The number of carbonyl (C=O) groups excluding carboxylic acids is 2. The topological polar surface area (TPSA) is 152 Å². The number of methoxy groups -OCH3 is 2. The highest BCUT2D eigenvalue weighted by Crippen LogP contribution is 2.33. The molecule has 3 N–H and O–H groups in total. The second-order valence-corrected chi connectivity index (χ2v) is 5.91. The van der Waals surface area contributed by atoms with Gasteiger partial charge in [0.25, 0.3) is 0 Å². The molecule has 0 aromatic heterocycles. The molecular weight excluding hydrogens is 396 g/mol. The van der Waals surface area contributed by atoms with Crippen LogP contribution in [0.5, 0.6) is 17.2 Å². The normalized spacial score (nSPS) is 10.5. The van der Waals surface area contributed by atoms with E-state index in [-0.39, 0.29) is 30.1 Å². The van der Waals surface area contributed by atoms with Gasteiger partial charge in [0.2, 0.25) is 17.6 Å². The molecule has 0 radical (unpaired) electrons. The van der Waals surface area contributed by atoms with Crippen LogP contribution < -0.4 is 20.2 Å². The maximum Gasteiger partial charge on any atom is 0.315 e. The monoisotopic (exact) mass is 416 g/mol. The summed E-state index contributed by atoms with van der Waals surface area (Å²) in [5.74, 6) is -0.730. The van der Waals surface area contributed by atoms with Crippen molar-refractivity contribution in [2.24, 2.45) is 5.10 Å². The Labute approximate surface area is 171 Å². The highest BCUT2D eigenvalue weighted by Gasteiger charge is 2.18.